The first-order valence-corrected chi connectivity index (χ1v) is 8.37. The quantitative estimate of drug-likeness (QED) is 0.792. The van der Waals surface area contributed by atoms with Gasteiger partial charge in [-0.2, -0.15) is 0 Å². The standard InChI is InChI=1S/C17H15Cl3N2O3/c1-22(16(24)10-25-14-8-3-2-5-11(14)18)9-15(23)21-17-12(19)6-4-7-13(17)20/h2-8H,9-10H2,1H3,(H,21,23). The van der Waals surface area contributed by atoms with Gasteiger partial charge in [0.2, 0.25) is 5.91 Å². The topological polar surface area (TPSA) is 58.6 Å². The van der Waals surface area contributed by atoms with Gasteiger partial charge in [-0.1, -0.05) is 53.0 Å². The van der Waals surface area contributed by atoms with Crippen LogP contribution in [0.5, 0.6) is 5.75 Å². The zero-order valence-electron chi connectivity index (χ0n) is 13.3. The number of likely N-dealkylation sites (N-methyl/N-ethyl adjacent to an activating group) is 1. The van der Waals surface area contributed by atoms with Gasteiger partial charge in [-0.3, -0.25) is 9.59 Å². The molecule has 2 aromatic rings. The summed E-state index contributed by atoms with van der Waals surface area (Å²) >= 11 is 17.9. The SMILES string of the molecule is CN(CC(=O)Nc1c(Cl)cccc1Cl)C(=O)COc1ccccc1Cl. The summed E-state index contributed by atoms with van der Waals surface area (Å²) in [5, 5.41) is 3.63. The van der Waals surface area contributed by atoms with Gasteiger partial charge in [0.1, 0.15) is 5.75 Å². The normalized spacial score (nSPS) is 10.2. The van der Waals surface area contributed by atoms with Crippen molar-refractivity contribution in [1.29, 1.82) is 0 Å². The number of halogens is 3. The first-order chi connectivity index (χ1) is 11.9. The lowest BCUT2D eigenvalue weighted by Gasteiger charge is -2.18. The van der Waals surface area contributed by atoms with Crippen LogP contribution in [-0.4, -0.2) is 36.9 Å². The van der Waals surface area contributed by atoms with Crippen molar-refractivity contribution in [3.05, 3.63) is 57.5 Å². The summed E-state index contributed by atoms with van der Waals surface area (Å²) in [5.74, 6) is -0.401. The van der Waals surface area contributed by atoms with Crippen molar-refractivity contribution in [3.63, 3.8) is 0 Å². The summed E-state index contributed by atoms with van der Waals surface area (Å²) < 4.78 is 5.36. The molecule has 0 radical (unpaired) electrons. The molecule has 1 N–H and O–H groups in total. The van der Waals surface area contributed by atoms with Crippen LogP contribution in [0.4, 0.5) is 5.69 Å². The molecule has 0 bridgehead atoms. The molecular formula is C17H15Cl3N2O3. The number of nitrogens with one attached hydrogen (secondary N) is 1. The van der Waals surface area contributed by atoms with E-state index in [0.29, 0.717) is 26.5 Å². The number of hydrogen-bond donors (Lipinski definition) is 1. The van der Waals surface area contributed by atoms with E-state index < -0.39 is 5.91 Å². The molecule has 0 saturated carbocycles. The van der Waals surface area contributed by atoms with Crippen LogP contribution in [0, 0.1) is 0 Å². The molecule has 2 rings (SSSR count). The molecule has 0 aliphatic carbocycles. The Hall–Kier alpha value is -1.95. The summed E-state index contributed by atoms with van der Waals surface area (Å²) in [4.78, 5) is 25.4. The number of benzene rings is 2. The molecular weight excluding hydrogens is 387 g/mol. The third-order valence-corrected chi connectivity index (χ3v) is 4.16. The predicted octanol–water partition coefficient (Wildman–Crippen LogP) is 4.12. The molecule has 2 amide bonds. The Morgan fingerprint density at radius 2 is 1.60 bits per heavy atom. The maximum Gasteiger partial charge on any atom is 0.260 e. The Balaban J connectivity index is 1.88. The predicted molar refractivity (Wildman–Crippen MR) is 99.7 cm³/mol. The molecule has 0 fully saturated rings. The van der Waals surface area contributed by atoms with Gasteiger partial charge >= 0.3 is 0 Å². The number of carbonyl (C=O) groups excluding carboxylic acids is 2. The van der Waals surface area contributed by atoms with Gasteiger partial charge in [0, 0.05) is 7.05 Å². The van der Waals surface area contributed by atoms with Gasteiger partial charge in [-0.25, -0.2) is 0 Å². The van der Waals surface area contributed by atoms with Crippen molar-refractivity contribution < 1.29 is 14.3 Å². The van der Waals surface area contributed by atoms with Crippen molar-refractivity contribution in [1.82, 2.24) is 4.90 Å². The van der Waals surface area contributed by atoms with Crippen LogP contribution in [0.1, 0.15) is 0 Å². The van der Waals surface area contributed by atoms with E-state index in [1.165, 1.54) is 11.9 Å². The summed E-state index contributed by atoms with van der Waals surface area (Å²) in [6.45, 7) is -0.410. The Bertz CT molecular complexity index is 763. The minimum Gasteiger partial charge on any atom is -0.482 e. The molecule has 0 aliphatic rings. The van der Waals surface area contributed by atoms with Gasteiger partial charge in [-0.05, 0) is 24.3 Å². The number of anilines is 1. The third kappa shape index (κ3) is 5.53. The first kappa shape index (κ1) is 19.4. The molecule has 0 aromatic heterocycles. The second kappa shape index (κ2) is 8.94. The maximum absolute atomic E-state index is 12.1. The molecule has 0 unspecified atom stereocenters. The van der Waals surface area contributed by atoms with E-state index in [1.54, 1.807) is 42.5 Å². The number of amides is 2. The maximum atomic E-state index is 12.1. The van der Waals surface area contributed by atoms with Crippen molar-refractivity contribution in [2.75, 3.05) is 25.5 Å². The summed E-state index contributed by atoms with van der Waals surface area (Å²) in [6, 6.07) is 11.7. The lowest BCUT2D eigenvalue weighted by molar-refractivity contribution is -0.135. The van der Waals surface area contributed by atoms with Gasteiger partial charge in [0.25, 0.3) is 5.91 Å². The Kier molecular flexibility index (Phi) is 6.93. The van der Waals surface area contributed by atoms with Crippen LogP contribution in [0.15, 0.2) is 42.5 Å². The molecule has 0 aliphatic heterocycles. The number of carbonyl (C=O) groups is 2. The zero-order chi connectivity index (χ0) is 18.4. The van der Waals surface area contributed by atoms with Gasteiger partial charge < -0.3 is 15.0 Å². The number of para-hydroxylation sites is 2. The molecule has 0 heterocycles. The number of ether oxygens (including phenoxy) is 1. The van der Waals surface area contributed by atoms with Crippen LogP contribution >= 0.6 is 34.8 Å². The fourth-order valence-electron chi connectivity index (χ4n) is 1.91. The highest BCUT2D eigenvalue weighted by molar-refractivity contribution is 6.39. The molecule has 0 atom stereocenters. The summed E-state index contributed by atoms with van der Waals surface area (Å²) in [7, 11) is 1.49. The van der Waals surface area contributed by atoms with Gasteiger partial charge in [0.15, 0.2) is 6.61 Å². The highest BCUT2D eigenvalue weighted by Crippen LogP contribution is 2.29. The zero-order valence-corrected chi connectivity index (χ0v) is 15.5. The van der Waals surface area contributed by atoms with Crippen molar-refractivity contribution >= 4 is 52.3 Å². The highest BCUT2D eigenvalue weighted by atomic mass is 35.5. The fraction of sp³-hybridized carbons (Fsp3) is 0.176. The highest BCUT2D eigenvalue weighted by Gasteiger charge is 2.16. The minimum absolute atomic E-state index is 0.174. The van der Waals surface area contributed by atoms with Crippen LogP contribution in [0.25, 0.3) is 0 Å². The summed E-state index contributed by atoms with van der Waals surface area (Å²) in [6.07, 6.45) is 0. The van der Waals surface area contributed by atoms with Gasteiger partial charge in [0.05, 0.1) is 27.3 Å². The van der Waals surface area contributed by atoms with Gasteiger partial charge in [-0.15, -0.1) is 0 Å². The lowest BCUT2D eigenvalue weighted by atomic mass is 10.3. The molecule has 132 valence electrons. The van der Waals surface area contributed by atoms with Crippen molar-refractivity contribution in [2.24, 2.45) is 0 Å². The van der Waals surface area contributed by atoms with E-state index in [0.717, 1.165) is 0 Å². The summed E-state index contributed by atoms with van der Waals surface area (Å²) in [5.41, 5.74) is 0.309. The minimum atomic E-state index is -0.427. The third-order valence-electron chi connectivity index (χ3n) is 3.22. The monoisotopic (exact) mass is 400 g/mol. The molecule has 8 heteroatoms. The van der Waals surface area contributed by atoms with E-state index in [1.807, 2.05) is 0 Å². The number of nitrogens with zero attached hydrogens (tertiary/aromatic N) is 1. The van der Waals surface area contributed by atoms with E-state index in [9.17, 15) is 9.59 Å². The van der Waals surface area contributed by atoms with Crippen molar-refractivity contribution in [3.8, 4) is 5.75 Å². The van der Waals surface area contributed by atoms with E-state index in [-0.39, 0.29) is 19.1 Å². The Labute approximate surface area is 160 Å². The lowest BCUT2D eigenvalue weighted by Crippen LogP contribution is -2.37. The fourth-order valence-corrected chi connectivity index (χ4v) is 2.59. The smallest absolute Gasteiger partial charge is 0.260 e. The molecule has 25 heavy (non-hydrogen) atoms. The first-order valence-electron chi connectivity index (χ1n) is 7.23. The Morgan fingerprint density at radius 3 is 2.24 bits per heavy atom. The van der Waals surface area contributed by atoms with Crippen LogP contribution < -0.4 is 10.1 Å². The second-order valence-electron chi connectivity index (χ2n) is 5.11. The van der Waals surface area contributed by atoms with Crippen LogP contribution in [-0.2, 0) is 9.59 Å². The molecule has 5 nitrogen and oxygen atoms in total. The average molecular weight is 402 g/mol. The van der Waals surface area contributed by atoms with E-state index in [2.05, 4.69) is 5.32 Å². The molecule has 0 spiro atoms. The van der Waals surface area contributed by atoms with E-state index in [4.69, 9.17) is 39.5 Å². The average Bonchev–Trinajstić information content (AvgIpc) is 2.57. The molecule has 0 saturated heterocycles. The van der Waals surface area contributed by atoms with Crippen molar-refractivity contribution in [2.45, 2.75) is 0 Å². The Morgan fingerprint density at radius 1 is 1.00 bits per heavy atom. The van der Waals surface area contributed by atoms with Crippen LogP contribution in [0.3, 0.4) is 0 Å². The van der Waals surface area contributed by atoms with Crippen LogP contribution in [0.2, 0.25) is 15.1 Å². The molecule has 2 aromatic carbocycles. The second-order valence-corrected chi connectivity index (χ2v) is 6.34. The number of hydrogen-bond acceptors (Lipinski definition) is 3. The number of rotatable bonds is 6. The largest absolute Gasteiger partial charge is 0.482 e. The van der Waals surface area contributed by atoms with E-state index >= 15 is 0 Å².